The molecule has 0 aliphatic heterocycles. The monoisotopic (exact) mass is 846 g/mol. The molecule has 0 saturated heterocycles. The molecule has 4 rings (SSSR count). The Balaban J connectivity index is 0.000000204. The zero-order valence-corrected chi connectivity index (χ0v) is 26.6. The van der Waals surface area contributed by atoms with Crippen LogP contribution in [-0.4, -0.2) is 30.7 Å². The molecule has 0 aliphatic carbocycles. The summed E-state index contributed by atoms with van der Waals surface area (Å²) < 4.78 is 6.32. The standard InChI is InChI=1S/C11H9BrIN3O.C6H6BrN.C5H4ClIN2O/c1-16-6-7(10(13)15-16)11(17)14-9-5-3-2-4-8(9)12;7-5-3-1-2-4-6(5)8;1-9-2-3(4(6)10)5(7)8-9/h2-6H,1H3,(H,14,17);1-4H,8H2;2H,1H3. The molecule has 0 radical (unpaired) electrons. The van der Waals surface area contributed by atoms with E-state index >= 15 is 0 Å². The highest BCUT2D eigenvalue weighted by Gasteiger charge is 2.14. The number of amides is 1. The van der Waals surface area contributed by atoms with Crippen LogP contribution in [0.15, 0.2) is 69.9 Å². The molecule has 35 heavy (non-hydrogen) atoms. The van der Waals surface area contributed by atoms with Crippen molar-refractivity contribution in [2.75, 3.05) is 11.1 Å². The molecule has 184 valence electrons. The van der Waals surface area contributed by atoms with Crippen LogP contribution in [0.4, 0.5) is 11.4 Å². The minimum Gasteiger partial charge on any atom is -0.398 e. The second kappa shape index (κ2) is 14.3. The summed E-state index contributed by atoms with van der Waals surface area (Å²) in [5.41, 5.74) is 8.04. The third kappa shape index (κ3) is 9.48. The van der Waals surface area contributed by atoms with Gasteiger partial charge in [-0.2, -0.15) is 10.2 Å². The van der Waals surface area contributed by atoms with Crippen molar-refractivity contribution in [1.29, 1.82) is 0 Å². The summed E-state index contributed by atoms with van der Waals surface area (Å²) in [4.78, 5) is 22.6. The molecule has 2 aromatic carbocycles. The molecule has 0 unspecified atom stereocenters. The molecule has 0 bridgehead atoms. The van der Waals surface area contributed by atoms with E-state index in [0.29, 0.717) is 18.5 Å². The van der Waals surface area contributed by atoms with Crippen molar-refractivity contribution < 1.29 is 9.59 Å². The van der Waals surface area contributed by atoms with Crippen molar-refractivity contribution in [3.05, 3.63) is 88.4 Å². The lowest BCUT2D eigenvalue weighted by atomic mass is 10.3. The topological polar surface area (TPSA) is 108 Å². The molecule has 2 aromatic heterocycles. The first kappa shape index (κ1) is 29.7. The average molecular weight is 849 g/mol. The number of benzene rings is 2. The van der Waals surface area contributed by atoms with Crippen LogP contribution < -0.4 is 11.1 Å². The molecule has 13 heteroatoms. The number of aromatic nitrogens is 4. The van der Waals surface area contributed by atoms with E-state index in [1.807, 2.05) is 93.7 Å². The lowest BCUT2D eigenvalue weighted by Crippen LogP contribution is -2.12. The van der Waals surface area contributed by atoms with Gasteiger partial charge in [-0.25, -0.2) is 0 Å². The van der Waals surface area contributed by atoms with E-state index in [1.165, 1.54) is 0 Å². The minimum atomic E-state index is -0.461. The number of nitrogens with one attached hydrogen (secondary N) is 1. The predicted octanol–water partition coefficient (Wildman–Crippen LogP) is 6.47. The number of aryl methyl sites for hydroxylation is 2. The van der Waals surface area contributed by atoms with Crippen molar-refractivity contribution in [3.63, 3.8) is 0 Å². The van der Waals surface area contributed by atoms with Crippen molar-refractivity contribution in [1.82, 2.24) is 19.6 Å². The van der Waals surface area contributed by atoms with E-state index in [0.717, 1.165) is 20.3 Å². The van der Waals surface area contributed by atoms with Crippen molar-refractivity contribution in [2.24, 2.45) is 14.1 Å². The first-order valence-electron chi connectivity index (χ1n) is 9.63. The number of hydrogen-bond donors (Lipinski definition) is 2. The van der Waals surface area contributed by atoms with Gasteiger partial charge in [0, 0.05) is 41.1 Å². The molecule has 0 saturated carbocycles. The SMILES string of the molecule is Cn1cc(C(=O)Cl)c(I)n1.Cn1cc(C(=O)Nc2ccccc2Br)c(I)n1.Nc1ccccc1Br. The Labute approximate surface area is 251 Å². The van der Waals surface area contributed by atoms with Gasteiger partial charge in [0.25, 0.3) is 11.1 Å². The maximum atomic E-state index is 12.0. The Bertz CT molecular complexity index is 1310. The number of halogens is 5. The lowest BCUT2D eigenvalue weighted by Gasteiger charge is -2.05. The number of anilines is 2. The number of para-hydroxylation sites is 2. The fraction of sp³-hybridized carbons (Fsp3) is 0.0909. The van der Waals surface area contributed by atoms with E-state index in [-0.39, 0.29) is 5.91 Å². The summed E-state index contributed by atoms with van der Waals surface area (Å²) in [6.07, 6.45) is 3.30. The smallest absolute Gasteiger partial charge is 0.259 e. The van der Waals surface area contributed by atoms with Crippen LogP contribution in [0, 0.1) is 7.40 Å². The summed E-state index contributed by atoms with van der Waals surface area (Å²) in [6, 6.07) is 15.1. The summed E-state index contributed by atoms with van der Waals surface area (Å²) in [6.45, 7) is 0. The molecule has 8 nitrogen and oxygen atoms in total. The Morgan fingerprint density at radius 2 is 1.37 bits per heavy atom. The first-order valence-corrected chi connectivity index (χ1v) is 13.8. The van der Waals surface area contributed by atoms with Crippen molar-refractivity contribution >= 4 is 111 Å². The molecular weight excluding hydrogens is 829 g/mol. The number of nitrogens with zero attached hydrogens (tertiary/aromatic N) is 4. The van der Waals surface area contributed by atoms with Gasteiger partial charge in [0.05, 0.1) is 16.8 Å². The lowest BCUT2D eigenvalue weighted by molar-refractivity contribution is 0.102. The number of nitrogen functional groups attached to an aromatic ring is 1. The van der Waals surface area contributed by atoms with Gasteiger partial charge in [0.15, 0.2) is 0 Å². The number of hydrogen-bond acceptors (Lipinski definition) is 5. The zero-order chi connectivity index (χ0) is 26.1. The molecule has 0 atom stereocenters. The maximum absolute atomic E-state index is 12.0. The molecule has 3 N–H and O–H groups in total. The third-order valence-electron chi connectivity index (χ3n) is 4.05. The van der Waals surface area contributed by atoms with E-state index in [9.17, 15) is 9.59 Å². The number of rotatable bonds is 3. The highest BCUT2D eigenvalue weighted by molar-refractivity contribution is 14.1. The molecular formula is C22H19Br2ClI2N6O2. The molecule has 4 aromatic rings. The van der Waals surface area contributed by atoms with Gasteiger partial charge in [-0.1, -0.05) is 24.3 Å². The quantitative estimate of drug-likeness (QED) is 0.140. The Morgan fingerprint density at radius 3 is 1.74 bits per heavy atom. The van der Waals surface area contributed by atoms with E-state index in [4.69, 9.17) is 17.3 Å². The Hall–Kier alpha value is -1.49. The number of carbonyl (C=O) groups is 2. The number of nitrogens with two attached hydrogens (primary N) is 1. The van der Waals surface area contributed by atoms with Crippen LogP contribution >= 0.6 is 88.6 Å². The second-order valence-electron chi connectivity index (χ2n) is 6.74. The highest BCUT2D eigenvalue weighted by atomic mass is 127. The van der Waals surface area contributed by atoms with Crippen LogP contribution in [-0.2, 0) is 14.1 Å². The van der Waals surface area contributed by atoms with Crippen molar-refractivity contribution in [3.8, 4) is 0 Å². The highest BCUT2D eigenvalue weighted by Crippen LogP contribution is 2.22. The van der Waals surface area contributed by atoms with Crippen LogP contribution in [0.3, 0.4) is 0 Å². The second-order valence-corrected chi connectivity index (χ2v) is 10.8. The maximum Gasteiger partial charge on any atom is 0.259 e. The van der Waals surface area contributed by atoms with Gasteiger partial charge in [-0.3, -0.25) is 19.0 Å². The molecule has 0 spiro atoms. The van der Waals surface area contributed by atoms with Gasteiger partial charge in [-0.05, 0) is 113 Å². The van der Waals surface area contributed by atoms with Gasteiger partial charge in [-0.15, -0.1) is 0 Å². The Morgan fingerprint density at radius 1 is 0.886 bits per heavy atom. The van der Waals surface area contributed by atoms with Gasteiger partial charge < -0.3 is 11.1 Å². The molecule has 0 fully saturated rings. The van der Waals surface area contributed by atoms with E-state index in [2.05, 4.69) is 47.4 Å². The van der Waals surface area contributed by atoms with Gasteiger partial charge in [0.1, 0.15) is 7.40 Å². The summed E-state index contributed by atoms with van der Waals surface area (Å²) >= 11 is 15.9. The van der Waals surface area contributed by atoms with E-state index in [1.54, 1.807) is 35.9 Å². The van der Waals surface area contributed by atoms with Gasteiger partial charge >= 0.3 is 0 Å². The molecule has 0 aliphatic rings. The normalized spacial score (nSPS) is 9.91. The molecule has 1 amide bonds. The predicted molar refractivity (Wildman–Crippen MR) is 163 cm³/mol. The van der Waals surface area contributed by atoms with E-state index < -0.39 is 5.24 Å². The van der Waals surface area contributed by atoms with Gasteiger partial charge in [0.2, 0.25) is 0 Å². The zero-order valence-electron chi connectivity index (χ0n) is 18.3. The summed E-state index contributed by atoms with van der Waals surface area (Å²) in [5.74, 6) is -0.158. The van der Waals surface area contributed by atoms with Crippen LogP contribution in [0.2, 0.25) is 0 Å². The fourth-order valence-corrected chi connectivity index (χ4v) is 4.85. The van der Waals surface area contributed by atoms with Crippen molar-refractivity contribution in [2.45, 2.75) is 0 Å². The molecule has 2 heterocycles. The van der Waals surface area contributed by atoms with Crippen LogP contribution in [0.5, 0.6) is 0 Å². The van der Waals surface area contributed by atoms with Crippen LogP contribution in [0.25, 0.3) is 0 Å². The minimum absolute atomic E-state index is 0.158. The largest absolute Gasteiger partial charge is 0.398 e. The third-order valence-corrected chi connectivity index (χ3v) is 7.26. The average Bonchev–Trinajstić information content (AvgIpc) is 3.32. The first-order chi connectivity index (χ1) is 16.5. The summed E-state index contributed by atoms with van der Waals surface area (Å²) in [7, 11) is 3.53. The Kier molecular flexibility index (Phi) is 12.2. The fourth-order valence-electron chi connectivity index (χ4n) is 2.43. The summed E-state index contributed by atoms with van der Waals surface area (Å²) in [5, 5.41) is 10.4. The van der Waals surface area contributed by atoms with Crippen LogP contribution in [0.1, 0.15) is 20.7 Å². The number of carbonyl (C=O) groups excluding carboxylic acids is 2.